The summed E-state index contributed by atoms with van der Waals surface area (Å²) < 4.78 is 39.7. The first kappa shape index (κ1) is 16.7. The summed E-state index contributed by atoms with van der Waals surface area (Å²) in [5.74, 6) is 0. The Morgan fingerprint density at radius 2 is 1.96 bits per heavy atom. The van der Waals surface area contributed by atoms with Crippen LogP contribution in [0.5, 0.6) is 0 Å². The maximum atomic E-state index is 12.8. The number of aliphatic hydroxyl groups is 1. The van der Waals surface area contributed by atoms with Gasteiger partial charge in [-0.2, -0.15) is 13.2 Å². The van der Waals surface area contributed by atoms with Crippen LogP contribution in [0.3, 0.4) is 0 Å². The topological polar surface area (TPSA) is 36.4 Å². The quantitative estimate of drug-likeness (QED) is 0.924. The summed E-state index contributed by atoms with van der Waals surface area (Å²) >= 11 is 1.63. The fourth-order valence-corrected chi connectivity index (χ4v) is 4.09. The van der Waals surface area contributed by atoms with Gasteiger partial charge < -0.3 is 10.0 Å². The van der Waals surface area contributed by atoms with Crippen LogP contribution < -0.4 is 0 Å². The number of benzene rings is 1. The van der Waals surface area contributed by atoms with Crippen LogP contribution in [0.1, 0.15) is 24.8 Å². The van der Waals surface area contributed by atoms with E-state index in [4.69, 9.17) is 0 Å². The second kappa shape index (κ2) is 6.03. The zero-order valence-corrected chi connectivity index (χ0v) is 13.6. The number of fused-ring (bicyclic) bond motifs is 1. The van der Waals surface area contributed by atoms with Crippen molar-refractivity contribution in [3.05, 3.63) is 29.3 Å². The molecule has 1 atom stereocenters. The number of alkyl halides is 3. The van der Waals surface area contributed by atoms with Gasteiger partial charge in [-0.25, -0.2) is 4.98 Å². The van der Waals surface area contributed by atoms with E-state index in [0.717, 1.165) is 15.2 Å². The molecule has 0 radical (unpaired) electrons. The minimum atomic E-state index is -4.55. The van der Waals surface area contributed by atoms with Crippen molar-refractivity contribution in [1.29, 1.82) is 0 Å². The van der Waals surface area contributed by atoms with Gasteiger partial charge >= 0.3 is 6.18 Å². The minimum absolute atomic E-state index is 0.105. The molecule has 3 rings (SSSR count). The van der Waals surface area contributed by atoms with Gasteiger partial charge in [-0.3, -0.25) is 0 Å². The molecule has 1 aromatic heterocycles. The first-order valence-electron chi connectivity index (χ1n) is 7.66. The lowest BCUT2D eigenvalue weighted by molar-refractivity contribution is -0.273. The van der Waals surface area contributed by atoms with Crippen molar-refractivity contribution < 1.29 is 18.3 Å². The third-order valence-corrected chi connectivity index (χ3v) is 5.64. The number of hydrogen-bond acceptors (Lipinski definition) is 4. The number of thiazole rings is 1. The van der Waals surface area contributed by atoms with Crippen molar-refractivity contribution in [3.8, 4) is 0 Å². The average Bonchev–Trinajstić information content (AvgIpc) is 2.88. The molecule has 23 heavy (non-hydrogen) atoms. The van der Waals surface area contributed by atoms with Crippen molar-refractivity contribution in [2.24, 2.45) is 0 Å². The second-order valence-electron chi connectivity index (χ2n) is 6.19. The van der Waals surface area contributed by atoms with Gasteiger partial charge in [-0.1, -0.05) is 12.1 Å². The maximum Gasteiger partial charge on any atom is 0.417 e. The normalized spacial score (nSPS) is 20.7. The number of aromatic nitrogens is 1. The molecule has 7 heteroatoms. The van der Waals surface area contributed by atoms with E-state index in [2.05, 4.69) is 4.98 Å². The van der Waals surface area contributed by atoms with Gasteiger partial charge in [0.25, 0.3) is 0 Å². The van der Waals surface area contributed by atoms with Gasteiger partial charge in [-0.15, -0.1) is 11.3 Å². The number of piperidine rings is 1. The fourth-order valence-electron chi connectivity index (χ4n) is 3.01. The SMILES string of the molecule is CC(Cc1nc2ccccc2s1)N1CCC(O)(C(F)(F)F)CC1. The predicted molar refractivity (Wildman–Crippen MR) is 84.6 cm³/mol. The summed E-state index contributed by atoms with van der Waals surface area (Å²) in [5.41, 5.74) is -1.57. The zero-order valence-electron chi connectivity index (χ0n) is 12.8. The summed E-state index contributed by atoms with van der Waals surface area (Å²) in [7, 11) is 0. The van der Waals surface area contributed by atoms with Crippen LogP contribution in [0, 0.1) is 0 Å². The van der Waals surface area contributed by atoms with Gasteiger partial charge in [-0.05, 0) is 31.9 Å². The highest BCUT2D eigenvalue weighted by atomic mass is 32.1. The summed E-state index contributed by atoms with van der Waals surface area (Å²) in [6.07, 6.45) is -4.36. The molecule has 1 aromatic carbocycles. The van der Waals surface area contributed by atoms with Crippen LogP contribution >= 0.6 is 11.3 Å². The van der Waals surface area contributed by atoms with Crippen LogP contribution in [0.4, 0.5) is 13.2 Å². The molecule has 2 heterocycles. The van der Waals surface area contributed by atoms with Crippen LogP contribution in [0.25, 0.3) is 10.2 Å². The lowest BCUT2D eigenvalue weighted by Gasteiger charge is -2.41. The Morgan fingerprint density at radius 1 is 1.30 bits per heavy atom. The average molecular weight is 344 g/mol. The Bertz CT molecular complexity index is 644. The molecule has 0 amide bonds. The molecule has 3 nitrogen and oxygen atoms in total. The van der Waals surface area contributed by atoms with Crippen LogP contribution in [0.15, 0.2) is 24.3 Å². The Hall–Kier alpha value is -1.18. The highest BCUT2D eigenvalue weighted by Gasteiger charge is 2.54. The predicted octanol–water partition coefficient (Wildman–Crippen LogP) is 3.62. The number of nitrogens with zero attached hydrogens (tertiary/aromatic N) is 2. The van der Waals surface area contributed by atoms with Crippen molar-refractivity contribution in [1.82, 2.24) is 9.88 Å². The minimum Gasteiger partial charge on any atom is -0.380 e. The number of halogens is 3. The third kappa shape index (κ3) is 3.36. The molecule has 0 aliphatic carbocycles. The van der Waals surface area contributed by atoms with Crippen LogP contribution in [-0.2, 0) is 6.42 Å². The zero-order chi connectivity index (χ0) is 16.7. The van der Waals surface area contributed by atoms with E-state index in [-0.39, 0.29) is 32.0 Å². The van der Waals surface area contributed by atoms with E-state index in [0.29, 0.717) is 6.42 Å². The lowest BCUT2D eigenvalue weighted by atomic mass is 9.90. The molecule has 1 aliphatic heterocycles. The standard InChI is InChI=1S/C16H19F3N2OS/c1-11(10-14-20-12-4-2-3-5-13(12)23-14)21-8-6-15(22,7-9-21)16(17,18)19/h2-5,11,22H,6-10H2,1H3. The number of hydrogen-bond donors (Lipinski definition) is 1. The number of rotatable bonds is 3. The van der Waals surface area contributed by atoms with Crippen molar-refractivity contribution in [2.75, 3.05) is 13.1 Å². The molecule has 0 spiro atoms. The van der Waals surface area contributed by atoms with Crippen LogP contribution in [-0.4, -0.2) is 45.9 Å². The van der Waals surface area contributed by atoms with Gasteiger partial charge in [0, 0.05) is 25.6 Å². The lowest BCUT2D eigenvalue weighted by Crippen LogP contribution is -2.55. The summed E-state index contributed by atoms with van der Waals surface area (Å²) in [6.45, 7) is 2.51. The maximum absolute atomic E-state index is 12.8. The monoisotopic (exact) mass is 344 g/mol. The van der Waals surface area contributed by atoms with Crippen molar-refractivity contribution in [2.45, 2.75) is 44.0 Å². The molecular formula is C16H19F3N2OS. The fraction of sp³-hybridized carbons (Fsp3) is 0.562. The first-order chi connectivity index (χ1) is 10.8. The first-order valence-corrected chi connectivity index (χ1v) is 8.48. The molecule has 2 aromatic rings. The Morgan fingerprint density at radius 3 is 2.57 bits per heavy atom. The molecule has 126 valence electrons. The van der Waals surface area contributed by atoms with E-state index in [9.17, 15) is 18.3 Å². The van der Waals surface area contributed by atoms with Gasteiger partial charge in [0.2, 0.25) is 0 Å². The van der Waals surface area contributed by atoms with Gasteiger partial charge in [0.15, 0.2) is 5.60 Å². The third-order valence-electron chi connectivity index (χ3n) is 4.58. The molecule has 1 N–H and O–H groups in total. The van der Waals surface area contributed by atoms with Crippen LogP contribution in [0.2, 0.25) is 0 Å². The van der Waals surface area contributed by atoms with E-state index in [1.165, 1.54) is 0 Å². The summed E-state index contributed by atoms with van der Waals surface area (Å²) in [6, 6.07) is 8.00. The summed E-state index contributed by atoms with van der Waals surface area (Å²) in [4.78, 5) is 6.58. The molecule has 0 bridgehead atoms. The number of likely N-dealkylation sites (tertiary alicyclic amines) is 1. The molecule has 1 unspecified atom stereocenters. The van der Waals surface area contributed by atoms with E-state index in [1.807, 2.05) is 36.1 Å². The molecule has 1 saturated heterocycles. The molecule has 1 aliphatic rings. The Kier molecular flexibility index (Phi) is 4.37. The Balaban J connectivity index is 1.62. The van der Waals surface area contributed by atoms with E-state index >= 15 is 0 Å². The van der Waals surface area contributed by atoms with E-state index < -0.39 is 11.8 Å². The largest absolute Gasteiger partial charge is 0.417 e. The van der Waals surface area contributed by atoms with E-state index in [1.54, 1.807) is 11.3 Å². The van der Waals surface area contributed by atoms with Crippen molar-refractivity contribution in [3.63, 3.8) is 0 Å². The molecule has 1 fully saturated rings. The smallest absolute Gasteiger partial charge is 0.380 e. The van der Waals surface area contributed by atoms with Gasteiger partial charge in [0.05, 0.1) is 15.2 Å². The highest BCUT2D eigenvalue weighted by Crippen LogP contribution is 2.38. The van der Waals surface area contributed by atoms with Gasteiger partial charge in [0.1, 0.15) is 0 Å². The Labute approximate surface area is 136 Å². The number of para-hydroxylation sites is 1. The van der Waals surface area contributed by atoms with Crippen molar-refractivity contribution >= 4 is 21.6 Å². The summed E-state index contributed by atoms with van der Waals surface area (Å²) in [5, 5.41) is 10.7. The highest BCUT2D eigenvalue weighted by molar-refractivity contribution is 7.18. The second-order valence-corrected chi connectivity index (χ2v) is 7.31. The molecular weight excluding hydrogens is 325 g/mol. The molecule has 0 saturated carbocycles.